The van der Waals surface area contributed by atoms with E-state index in [1.165, 1.54) is 16.6 Å². The lowest BCUT2D eigenvalue weighted by atomic mass is 9.96. The zero-order chi connectivity index (χ0) is 18.7. The summed E-state index contributed by atoms with van der Waals surface area (Å²) < 4.78 is 0. The van der Waals surface area contributed by atoms with Gasteiger partial charge in [-0.1, -0.05) is 37.3 Å². The molecule has 0 saturated carbocycles. The molecule has 4 heteroatoms. The van der Waals surface area contributed by atoms with Gasteiger partial charge in [0.1, 0.15) is 5.82 Å². The molecule has 3 rings (SSSR count). The molecule has 1 heterocycles. The van der Waals surface area contributed by atoms with Gasteiger partial charge in [-0.05, 0) is 42.0 Å². The number of anilines is 2. The van der Waals surface area contributed by atoms with Gasteiger partial charge in [0.2, 0.25) is 0 Å². The van der Waals surface area contributed by atoms with E-state index in [-0.39, 0.29) is 12.6 Å². The second-order valence-electron chi connectivity index (χ2n) is 6.89. The average Bonchev–Trinajstić information content (AvgIpc) is 2.66. The molecule has 0 saturated heterocycles. The number of hydrogen-bond acceptors (Lipinski definition) is 4. The molecule has 0 radical (unpaired) electrons. The fourth-order valence-corrected chi connectivity index (χ4v) is 3.23. The van der Waals surface area contributed by atoms with Gasteiger partial charge in [0.15, 0.2) is 0 Å². The van der Waals surface area contributed by atoms with Crippen LogP contribution in [0.2, 0.25) is 0 Å². The van der Waals surface area contributed by atoms with E-state index >= 15 is 0 Å². The van der Waals surface area contributed by atoms with Crippen LogP contribution in [0.4, 0.5) is 11.5 Å². The maximum Gasteiger partial charge on any atom is 0.134 e. The number of aromatic nitrogens is 1. The van der Waals surface area contributed by atoms with Crippen LogP contribution in [0.25, 0.3) is 21.9 Å². The monoisotopic (exact) mass is 349 g/mol. The van der Waals surface area contributed by atoms with Crippen LogP contribution in [-0.4, -0.2) is 36.8 Å². The second-order valence-corrected chi connectivity index (χ2v) is 6.89. The predicted molar refractivity (Wildman–Crippen MR) is 111 cm³/mol. The number of nitrogens with one attached hydrogen (secondary N) is 1. The summed E-state index contributed by atoms with van der Waals surface area (Å²) in [6, 6.07) is 14.9. The van der Waals surface area contributed by atoms with E-state index in [2.05, 4.69) is 71.5 Å². The molecule has 1 aromatic heterocycles. The number of aryl methyl sites for hydroxylation is 1. The predicted octanol–water partition coefficient (Wildman–Crippen LogP) is 4.46. The molecule has 0 aliphatic carbocycles. The van der Waals surface area contributed by atoms with Crippen LogP contribution in [0.15, 0.2) is 48.7 Å². The summed E-state index contributed by atoms with van der Waals surface area (Å²) in [6.45, 7) is 4.29. The Balaban J connectivity index is 2.12. The molecule has 0 aliphatic rings. The molecular formula is C22H27N3O. The first-order valence-corrected chi connectivity index (χ1v) is 9.08. The van der Waals surface area contributed by atoms with Crippen molar-refractivity contribution in [1.82, 2.24) is 4.98 Å². The SMILES string of the molecule is CCC(CO)Nc1ncc(-c2ccc(N(C)C)cc2)c2c(C)cccc12. The lowest BCUT2D eigenvalue weighted by molar-refractivity contribution is 0.271. The molecule has 3 aromatic rings. The Kier molecular flexibility index (Phi) is 5.43. The normalized spacial score (nSPS) is 12.2. The van der Waals surface area contributed by atoms with E-state index < -0.39 is 0 Å². The van der Waals surface area contributed by atoms with Crippen molar-refractivity contribution in [2.75, 3.05) is 30.9 Å². The molecule has 1 atom stereocenters. The zero-order valence-corrected chi connectivity index (χ0v) is 16.0. The lowest BCUT2D eigenvalue weighted by Crippen LogP contribution is -2.23. The van der Waals surface area contributed by atoms with Crippen molar-refractivity contribution in [1.29, 1.82) is 0 Å². The minimum absolute atomic E-state index is 0.0106. The summed E-state index contributed by atoms with van der Waals surface area (Å²) in [5.41, 5.74) is 4.68. The van der Waals surface area contributed by atoms with Crippen molar-refractivity contribution in [3.05, 3.63) is 54.2 Å². The maximum atomic E-state index is 9.52. The topological polar surface area (TPSA) is 48.4 Å². The van der Waals surface area contributed by atoms with Gasteiger partial charge in [-0.15, -0.1) is 0 Å². The van der Waals surface area contributed by atoms with Gasteiger partial charge < -0.3 is 15.3 Å². The smallest absolute Gasteiger partial charge is 0.134 e. The average molecular weight is 349 g/mol. The quantitative estimate of drug-likeness (QED) is 0.690. The maximum absolute atomic E-state index is 9.52. The molecule has 0 aliphatic heterocycles. The van der Waals surface area contributed by atoms with Crippen LogP contribution in [0.1, 0.15) is 18.9 Å². The summed E-state index contributed by atoms with van der Waals surface area (Å²) in [6.07, 6.45) is 2.78. The van der Waals surface area contributed by atoms with Crippen molar-refractivity contribution in [3.63, 3.8) is 0 Å². The van der Waals surface area contributed by atoms with E-state index in [4.69, 9.17) is 0 Å². The number of nitrogens with zero attached hydrogens (tertiary/aromatic N) is 2. The van der Waals surface area contributed by atoms with E-state index in [1.807, 2.05) is 20.3 Å². The number of pyridine rings is 1. The Hall–Kier alpha value is -2.59. The van der Waals surface area contributed by atoms with E-state index in [9.17, 15) is 5.11 Å². The fraction of sp³-hybridized carbons (Fsp3) is 0.318. The van der Waals surface area contributed by atoms with Crippen molar-refractivity contribution < 1.29 is 5.11 Å². The third-order valence-electron chi connectivity index (χ3n) is 4.87. The summed E-state index contributed by atoms with van der Waals surface area (Å²) in [5, 5.41) is 15.2. The highest BCUT2D eigenvalue weighted by molar-refractivity contribution is 6.03. The van der Waals surface area contributed by atoms with E-state index in [0.717, 1.165) is 28.8 Å². The third-order valence-corrected chi connectivity index (χ3v) is 4.87. The molecule has 0 bridgehead atoms. The van der Waals surface area contributed by atoms with Crippen LogP contribution >= 0.6 is 0 Å². The lowest BCUT2D eigenvalue weighted by Gasteiger charge is -2.19. The largest absolute Gasteiger partial charge is 0.394 e. The Bertz CT molecular complexity index is 884. The molecule has 1 unspecified atom stereocenters. The van der Waals surface area contributed by atoms with Crippen molar-refractivity contribution in [2.24, 2.45) is 0 Å². The van der Waals surface area contributed by atoms with Crippen LogP contribution in [0, 0.1) is 6.92 Å². The third kappa shape index (κ3) is 3.51. The number of aliphatic hydroxyl groups excluding tert-OH is 1. The van der Waals surface area contributed by atoms with Gasteiger partial charge in [-0.3, -0.25) is 0 Å². The first-order valence-electron chi connectivity index (χ1n) is 9.08. The minimum atomic E-state index is 0.0106. The number of hydrogen-bond donors (Lipinski definition) is 2. The number of aliphatic hydroxyl groups is 1. The zero-order valence-electron chi connectivity index (χ0n) is 16.0. The highest BCUT2D eigenvalue weighted by Gasteiger charge is 2.13. The molecule has 4 nitrogen and oxygen atoms in total. The van der Waals surface area contributed by atoms with Crippen LogP contribution < -0.4 is 10.2 Å². The highest BCUT2D eigenvalue weighted by atomic mass is 16.3. The molecular weight excluding hydrogens is 322 g/mol. The molecule has 0 spiro atoms. The van der Waals surface area contributed by atoms with Crippen LogP contribution in [0.5, 0.6) is 0 Å². The molecule has 2 N–H and O–H groups in total. The summed E-state index contributed by atoms with van der Waals surface area (Å²) in [5.74, 6) is 0.832. The van der Waals surface area contributed by atoms with E-state index in [1.54, 1.807) is 0 Å². The Morgan fingerprint density at radius 1 is 1.12 bits per heavy atom. The first-order chi connectivity index (χ1) is 12.5. The minimum Gasteiger partial charge on any atom is -0.394 e. The highest BCUT2D eigenvalue weighted by Crippen LogP contribution is 2.34. The Morgan fingerprint density at radius 2 is 1.85 bits per heavy atom. The fourth-order valence-electron chi connectivity index (χ4n) is 3.23. The van der Waals surface area contributed by atoms with Crippen LogP contribution in [-0.2, 0) is 0 Å². The van der Waals surface area contributed by atoms with Gasteiger partial charge in [0.05, 0.1) is 12.6 Å². The van der Waals surface area contributed by atoms with Gasteiger partial charge in [-0.2, -0.15) is 0 Å². The van der Waals surface area contributed by atoms with Gasteiger partial charge in [0.25, 0.3) is 0 Å². The van der Waals surface area contributed by atoms with Crippen molar-refractivity contribution in [2.45, 2.75) is 26.3 Å². The first kappa shape index (κ1) is 18.2. The molecule has 2 aromatic carbocycles. The summed E-state index contributed by atoms with van der Waals surface area (Å²) in [7, 11) is 4.09. The summed E-state index contributed by atoms with van der Waals surface area (Å²) in [4.78, 5) is 6.78. The van der Waals surface area contributed by atoms with Gasteiger partial charge in [0, 0.05) is 36.9 Å². The Morgan fingerprint density at radius 3 is 2.46 bits per heavy atom. The molecule has 0 fully saturated rings. The van der Waals surface area contributed by atoms with Gasteiger partial charge in [-0.25, -0.2) is 4.98 Å². The Labute approximate surface area is 155 Å². The second kappa shape index (κ2) is 7.75. The van der Waals surface area contributed by atoms with Crippen LogP contribution in [0.3, 0.4) is 0 Å². The molecule has 26 heavy (non-hydrogen) atoms. The standard InChI is InChI=1S/C22H27N3O/c1-5-17(14-26)24-22-19-8-6-7-15(2)21(19)20(13-23-22)16-9-11-18(12-10-16)25(3)4/h6-13,17,26H,5,14H2,1-4H3,(H,23,24). The van der Waals surface area contributed by atoms with E-state index in [0.29, 0.717) is 0 Å². The molecule has 136 valence electrons. The number of fused-ring (bicyclic) bond motifs is 1. The molecule has 0 amide bonds. The summed E-state index contributed by atoms with van der Waals surface area (Å²) >= 11 is 0. The van der Waals surface area contributed by atoms with Crippen molar-refractivity contribution >= 4 is 22.3 Å². The number of rotatable bonds is 6. The van der Waals surface area contributed by atoms with Gasteiger partial charge >= 0.3 is 0 Å². The van der Waals surface area contributed by atoms with Crippen molar-refractivity contribution in [3.8, 4) is 11.1 Å². The number of benzene rings is 2.